The van der Waals surface area contributed by atoms with E-state index < -0.39 is 37.2 Å². The van der Waals surface area contributed by atoms with Gasteiger partial charge in [0.05, 0.1) is 13.2 Å². The molecule has 0 aliphatic rings. The number of primary amides is 1. The summed E-state index contributed by atoms with van der Waals surface area (Å²) < 4.78 is 70.2. The topological polar surface area (TPSA) is 97.1 Å². The third-order valence-electron chi connectivity index (χ3n) is 2.26. The Labute approximate surface area is 130 Å². The molecular formula is C12H15F3NO6P. The highest BCUT2D eigenvalue weighted by molar-refractivity contribution is 7.48. The lowest BCUT2D eigenvalue weighted by Gasteiger charge is -2.20. The molecular weight excluding hydrogens is 342 g/mol. The van der Waals surface area contributed by atoms with Gasteiger partial charge < -0.3 is 15.0 Å². The second-order valence-electron chi connectivity index (χ2n) is 3.95. The summed E-state index contributed by atoms with van der Waals surface area (Å²) in [6.45, 7) is 2.76. The van der Waals surface area contributed by atoms with E-state index in [-0.39, 0.29) is 13.2 Å². The fourth-order valence-corrected chi connectivity index (χ4v) is 2.73. The first-order valence-corrected chi connectivity index (χ1v) is 7.84. The van der Waals surface area contributed by atoms with Crippen molar-refractivity contribution in [2.75, 3.05) is 13.2 Å². The molecule has 2 N–H and O–H groups in total. The number of phosphoric ester groups is 1. The average molecular weight is 357 g/mol. The minimum Gasteiger partial charge on any atom is -0.410 e. The number of carbonyl (C=O) groups is 1. The van der Waals surface area contributed by atoms with Crippen LogP contribution in [-0.2, 0) is 19.8 Å². The van der Waals surface area contributed by atoms with Crippen LogP contribution in [0.15, 0.2) is 18.2 Å². The number of ether oxygens (including phenoxy) is 1. The molecule has 0 aliphatic heterocycles. The lowest BCUT2D eigenvalue weighted by Crippen LogP contribution is -2.17. The number of carbonyl (C=O) groups excluding carboxylic acids is 1. The molecule has 0 heterocycles. The SMILES string of the molecule is CCOP(=O)(OCC)Oc1ccc(OC(N)=O)cc1C(F)(F)F. The summed E-state index contributed by atoms with van der Waals surface area (Å²) in [5.74, 6) is -1.24. The van der Waals surface area contributed by atoms with E-state index in [2.05, 4.69) is 4.74 Å². The van der Waals surface area contributed by atoms with E-state index in [1.165, 1.54) is 13.8 Å². The summed E-state index contributed by atoms with van der Waals surface area (Å²) in [6, 6.07) is 2.31. The Morgan fingerprint density at radius 1 is 1.22 bits per heavy atom. The van der Waals surface area contributed by atoms with E-state index in [1.807, 2.05) is 0 Å². The van der Waals surface area contributed by atoms with Gasteiger partial charge in [-0.1, -0.05) is 0 Å². The monoisotopic (exact) mass is 357 g/mol. The van der Waals surface area contributed by atoms with Gasteiger partial charge in [0.1, 0.15) is 17.1 Å². The van der Waals surface area contributed by atoms with Crippen molar-refractivity contribution < 1.29 is 40.8 Å². The number of amides is 1. The van der Waals surface area contributed by atoms with Crippen LogP contribution in [0, 0.1) is 0 Å². The first-order valence-electron chi connectivity index (χ1n) is 6.38. The van der Waals surface area contributed by atoms with E-state index >= 15 is 0 Å². The largest absolute Gasteiger partial charge is 0.530 e. The first-order chi connectivity index (χ1) is 10.6. The molecule has 0 radical (unpaired) electrons. The number of hydrogen-bond acceptors (Lipinski definition) is 6. The van der Waals surface area contributed by atoms with E-state index in [1.54, 1.807) is 0 Å². The summed E-state index contributed by atoms with van der Waals surface area (Å²) >= 11 is 0. The second-order valence-corrected chi connectivity index (χ2v) is 5.54. The molecule has 11 heteroatoms. The number of halogens is 3. The molecule has 0 saturated carbocycles. The molecule has 1 rings (SSSR count). The van der Waals surface area contributed by atoms with Crippen molar-refractivity contribution in [3.05, 3.63) is 23.8 Å². The Bertz CT molecular complexity index is 597. The zero-order chi connectivity index (χ0) is 17.7. The van der Waals surface area contributed by atoms with E-state index in [4.69, 9.17) is 19.3 Å². The van der Waals surface area contributed by atoms with Crippen LogP contribution >= 0.6 is 7.82 Å². The zero-order valence-electron chi connectivity index (χ0n) is 12.3. The number of phosphoric acid groups is 1. The molecule has 130 valence electrons. The molecule has 0 bridgehead atoms. The van der Waals surface area contributed by atoms with E-state index in [0.717, 1.165) is 12.1 Å². The van der Waals surface area contributed by atoms with Crippen molar-refractivity contribution in [2.45, 2.75) is 20.0 Å². The molecule has 0 unspecified atom stereocenters. The van der Waals surface area contributed by atoms with Gasteiger partial charge in [0.15, 0.2) is 0 Å². The summed E-state index contributed by atoms with van der Waals surface area (Å²) in [5, 5.41) is 0. The molecule has 0 atom stereocenters. The molecule has 1 aromatic carbocycles. The fourth-order valence-electron chi connectivity index (χ4n) is 1.52. The van der Waals surface area contributed by atoms with Crippen LogP contribution in [0.2, 0.25) is 0 Å². The molecule has 0 fully saturated rings. The van der Waals surface area contributed by atoms with Gasteiger partial charge in [-0.15, -0.1) is 0 Å². The van der Waals surface area contributed by atoms with Crippen LogP contribution in [0.4, 0.5) is 18.0 Å². The average Bonchev–Trinajstić information content (AvgIpc) is 2.39. The predicted octanol–water partition coefficient (Wildman–Crippen LogP) is 3.72. The van der Waals surface area contributed by atoms with Crippen LogP contribution in [0.3, 0.4) is 0 Å². The molecule has 7 nitrogen and oxygen atoms in total. The van der Waals surface area contributed by atoms with Crippen molar-refractivity contribution >= 4 is 13.9 Å². The minimum atomic E-state index is -4.87. The third-order valence-corrected chi connectivity index (χ3v) is 3.83. The fraction of sp³-hybridized carbons (Fsp3) is 0.417. The van der Waals surface area contributed by atoms with Gasteiger partial charge in [-0.25, -0.2) is 9.36 Å². The second kappa shape index (κ2) is 7.67. The van der Waals surface area contributed by atoms with Crippen molar-refractivity contribution in [2.24, 2.45) is 5.73 Å². The van der Waals surface area contributed by atoms with Gasteiger partial charge >= 0.3 is 20.1 Å². The molecule has 1 amide bonds. The number of rotatable bonds is 7. The van der Waals surface area contributed by atoms with Gasteiger partial charge in [0.25, 0.3) is 0 Å². The lowest BCUT2D eigenvalue weighted by atomic mass is 10.2. The Kier molecular flexibility index (Phi) is 6.43. The Balaban J connectivity index is 3.24. The highest BCUT2D eigenvalue weighted by Crippen LogP contribution is 2.52. The standard InChI is InChI=1S/C12H15F3NO6P/c1-3-19-23(18,20-4-2)22-10-6-5-8(21-11(16)17)7-9(10)12(13,14)15/h5-7H,3-4H2,1-2H3,(H2,16,17). The first kappa shape index (κ1) is 19.3. The highest BCUT2D eigenvalue weighted by atomic mass is 31.2. The maximum absolute atomic E-state index is 13.1. The van der Waals surface area contributed by atoms with Crippen LogP contribution in [0.25, 0.3) is 0 Å². The summed E-state index contributed by atoms with van der Waals surface area (Å²) in [4.78, 5) is 10.6. The van der Waals surface area contributed by atoms with E-state index in [0.29, 0.717) is 6.07 Å². The Morgan fingerprint density at radius 2 is 1.78 bits per heavy atom. The molecule has 0 saturated heterocycles. The number of hydrogen-bond donors (Lipinski definition) is 1. The molecule has 0 aliphatic carbocycles. The van der Waals surface area contributed by atoms with Crippen molar-refractivity contribution in [1.82, 2.24) is 0 Å². The lowest BCUT2D eigenvalue weighted by molar-refractivity contribution is -0.138. The molecule has 23 heavy (non-hydrogen) atoms. The van der Waals surface area contributed by atoms with Crippen molar-refractivity contribution in [1.29, 1.82) is 0 Å². The van der Waals surface area contributed by atoms with Gasteiger partial charge in [-0.05, 0) is 32.0 Å². The summed E-state index contributed by atoms with van der Waals surface area (Å²) in [6.07, 6.45) is -6.14. The number of alkyl halides is 3. The highest BCUT2D eigenvalue weighted by Gasteiger charge is 2.38. The normalized spacial score (nSPS) is 12.0. The van der Waals surface area contributed by atoms with Gasteiger partial charge in [-0.2, -0.15) is 13.2 Å². The predicted molar refractivity (Wildman–Crippen MR) is 73.1 cm³/mol. The number of benzene rings is 1. The van der Waals surface area contributed by atoms with E-state index in [9.17, 15) is 22.5 Å². The van der Waals surface area contributed by atoms with Crippen LogP contribution in [-0.4, -0.2) is 19.3 Å². The zero-order valence-corrected chi connectivity index (χ0v) is 13.1. The quantitative estimate of drug-likeness (QED) is 0.747. The van der Waals surface area contributed by atoms with Crippen LogP contribution in [0.1, 0.15) is 19.4 Å². The molecule has 1 aromatic rings. The van der Waals surface area contributed by atoms with Crippen molar-refractivity contribution in [3.8, 4) is 11.5 Å². The third kappa shape index (κ3) is 5.74. The Morgan fingerprint density at radius 3 is 2.22 bits per heavy atom. The maximum atomic E-state index is 13.1. The smallest absolute Gasteiger partial charge is 0.410 e. The van der Waals surface area contributed by atoms with Gasteiger partial charge in [0.2, 0.25) is 0 Å². The van der Waals surface area contributed by atoms with Crippen LogP contribution < -0.4 is 15.0 Å². The number of nitrogens with two attached hydrogens (primary N) is 1. The van der Waals surface area contributed by atoms with Crippen LogP contribution in [0.5, 0.6) is 11.5 Å². The summed E-state index contributed by atoms with van der Waals surface area (Å²) in [7, 11) is -4.21. The Hall–Kier alpha value is -1.77. The maximum Gasteiger partial charge on any atom is 0.530 e. The van der Waals surface area contributed by atoms with Gasteiger partial charge in [0, 0.05) is 0 Å². The molecule has 0 aromatic heterocycles. The van der Waals surface area contributed by atoms with Crippen molar-refractivity contribution in [3.63, 3.8) is 0 Å². The van der Waals surface area contributed by atoms with Gasteiger partial charge in [-0.3, -0.25) is 9.05 Å². The minimum absolute atomic E-state index is 0.0957. The molecule has 0 spiro atoms. The summed E-state index contributed by atoms with van der Waals surface area (Å²) in [5.41, 5.74) is 3.42.